The lowest BCUT2D eigenvalue weighted by atomic mass is 9.44. The van der Waals surface area contributed by atoms with Crippen molar-refractivity contribution in [1.82, 2.24) is 0 Å². The van der Waals surface area contributed by atoms with E-state index in [4.69, 9.17) is 0 Å². The van der Waals surface area contributed by atoms with Crippen LogP contribution in [0.2, 0.25) is 0 Å². The molecule has 0 amide bonds. The molecule has 8 bridgehead atoms. The molecule has 2 unspecified atom stereocenters. The van der Waals surface area contributed by atoms with Crippen LogP contribution in [0, 0.1) is 35.5 Å². The molecule has 23 rings (SSSR count). The molecular formula is C98H82N4S2. The summed E-state index contributed by atoms with van der Waals surface area (Å²) in [5.74, 6) is 5.36. The number of thiophene rings is 2. The van der Waals surface area contributed by atoms with E-state index in [0.717, 1.165) is 52.1 Å². The second-order valence-electron chi connectivity index (χ2n) is 31.6. The number of para-hydroxylation sites is 4. The van der Waals surface area contributed by atoms with E-state index in [1.54, 1.807) is 5.56 Å². The minimum absolute atomic E-state index is 0.177. The Labute approximate surface area is 618 Å². The Morgan fingerprint density at radius 1 is 0.250 bits per heavy atom. The first-order valence-electron chi connectivity index (χ1n) is 38.2. The number of nitrogens with zero attached hydrogens (tertiary/aromatic N) is 4. The predicted molar refractivity (Wildman–Crippen MR) is 441 cm³/mol. The topological polar surface area (TPSA) is 13.0 Å². The number of anilines is 12. The second kappa shape index (κ2) is 25.1. The van der Waals surface area contributed by atoms with E-state index in [2.05, 4.69) is 341 Å². The Kier molecular flexibility index (Phi) is 15.0. The molecular weight excluding hydrogens is 1300 g/mol. The SMILES string of the molecule is c1ccc(-c2cccc(N(c3ccc(C45CC6CC(C4)C(c4ccc(N(c7ccccc7)c7cccc8c7sc7c(N(c9ccccc9)c9ccc(C%10%11CC%12CC(CC(C%12)C%10)C%11)cc9)cccc78)cc4)C(C6)C5)cc3)c3ccc4sc5cc(N(c6ccccc6)c6ccccc6)ccc5c4c3)c2)cc1. The van der Waals surface area contributed by atoms with Crippen molar-refractivity contribution in [3.8, 4) is 11.1 Å². The quantitative estimate of drug-likeness (QED) is 0.0956. The van der Waals surface area contributed by atoms with Gasteiger partial charge in [-0.15, -0.1) is 22.7 Å². The monoisotopic (exact) mass is 1380 g/mol. The van der Waals surface area contributed by atoms with Crippen molar-refractivity contribution in [3.63, 3.8) is 0 Å². The molecule has 0 radical (unpaired) electrons. The molecule has 13 aromatic carbocycles. The van der Waals surface area contributed by atoms with Gasteiger partial charge in [0.15, 0.2) is 0 Å². The molecule has 0 N–H and O–H groups in total. The molecule has 0 saturated heterocycles. The van der Waals surface area contributed by atoms with Gasteiger partial charge in [-0.3, -0.25) is 0 Å². The van der Waals surface area contributed by atoms with E-state index >= 15 is 0 Å². The molecule has 104 heavy (non-hydrogen) atoms. The van der Waals surface area contributed by atoms with Crippen molar-refractivity contribution in [2.24, 2.45) is 35.5 Å². The number of hydrogen-bond donors (Lipinski definition) is 0. The lowest BCUT2D eigenvalue weighted by molar-refractivity contribution is -0.0256. The second-order valence-corrected chi connectivity index (χ2v) is 33.7. The van der Waals surface area contributed by atoms with E-state index in [1.807, 2.05) is 22.7 Å². The number of fused-ring (bicyclic) bond motifs is 6. The highest BCUT2D eigenvalue weighted by Gasteiger charge is 2.56. The Balaban J connectivity index is 0.584. The highest BCUT2D eigenvalue weighted by Crippen LogP contribution is 2.66. The first-order valence-corrected chi connectivity index (χ1v) is 39.8. The fourth-order valence-electron chi connectivity index (χ4n) is 21.8. The van der Waals surface area contributed by atoms with Gasteiger partial charge in [-0.2, -0.15) is 0 Å². The van der Waals surface area contributed by atoms with Crippen molar-refractivity contribution in [2.75, 3.05) is 19.6 Å². The van der Waals surface area contributed by atoms with Crippen LogP contribution in [0.3, 0.4) is 0 Å². The lowest BCUT2D eigenvalue weighted by Crippen LogP contribution is -2.52. The molecule has 8 aliphatic rings. The average molecular weight is 1380 g/mol. The van der Waals surface area contributed by atoms with Crippen molar-refractivity contribution in [2.45, 2.75) is 87.4 Å². The summed E-state index contributed by atoms with van der Waals surface area (Å²) in [7, 11) is 0. The molecule has 2 aromatic heterocycles. The van der Waals surface area contributed by atoms with Gasteiger partial charge in [-0.05, 0) is 290 Å². The number of benzene rings is 13. The molecule has 0 spiro atoms. The van der Waals surface area contributed by atoms with Crippen LogP contribution in [0.1, 0.15) is 93.2 Å². The molecule has 0 aliphatic heterocycles. The molecule has 4 nitrogen and oxygen atoms in total. The molecule has 8 saturated carbocycles. The van der Waals surface area contributed by atoms with Crippen LogP contribution < -0.4 is 19.6 Å². The zero-order chi connectivity index (χ0) is 68.5. The fraction of sp³-hybridized carbons (Fsp3) is 0.204. The highest BCUT2D eigenvalue weighted by molar-refractivity contribution is 7.27. The summed E-state index contributed by atoms with van der Waals surface area (Å²) in [5, 5.41) is 5.15. The van der Waals surface area contributed by atoms with Gasteiger partial charge in [0.2, 0.25) is 0 Å². The van der Waals surface area contributed by atoms with Crippen LogP contribution in [-0.4, -0.2) is 0 Å². The Morgan fingerprint density at radius 3 is 1.16 bits per heavy atom. The third-order valence-electron chi connectivity index (χ3n) is 25.5. The molecule has 15 aromatic rings. The number of hydrogen-bond acceptors (Lipinski definition) is 6. The van der Waals surface area contributed by atoms with Gasteiger partial charge >= 0.3 is 0 Å². The van der Waals surface area contributed by atoms with Gasteiger partial charge in [-0.25, -0.2) is 0 Å². The van der Waals surface area contributed by atoms with Crippen LogP contribution in [0.15, 0.2) is 322 Å². The summed E-state index contributed by atoms with van der Waals surface area (Å²) in [6, 6.07) is 122. The van der Waals surface area contributed by atoms with Crippen molar-refractivity contribution < 1.29 is 0 Å². The van der Waals surface area contributed by atoms with E-state index < -0.39 is 0 Å². The minimum atomic E-state index is 0.177. The van der Waals surface area contributed by atoms with Crippen LogP contribution in [0.25, 0.3) is 51.5 Å². The summed E-state index contributed by atoms with van der Waals surface area (Å²) < 4.78 is 5.17. The summed E-state index contributed by atoms with van der Waals surface area (Å²) in [4.78, 5) is 9.91. The van der Waals surface area contributed by atoms with Crippen LogP contribution >= 0.6 is 22.7 Å². The first kappa shape index (κ1) is 62.1. The Morgan fingerprint density at radius 2 is 0.635 bits per heavy atom. The largest absolute Gasteiger partial charge is 0.310 e. The fourth-order valence-corrected chi connectivity index (χ4v) is 24.3. The van der Waals surface area contributed by atoms with E-state index in [1.165, 1.54) is 173 Å². The van der Waals surface area contributed by atoms with Gasteiger partial charge in [-0.1, -0.05) is 182 Å². The van der Waals surface area contributed by atoms with Gasteiger partial charge in [0.1, 0.15) is 0 Å². The number of rotatable bonds is 16. The maximum atomic E-state index is 2.53. The van der Waals surface area contributed by atoms with Crippen molar-refractivity contribution in [1.29, 1.82) is 0 Å². The lowest BCUT2D eigenvalue weighted by Gasteiger charge is -2.60. The molecule has 8 fully saturated rings. The normalized spacial score (nSPS) is 22.8. The summed E-state index contributed by atoms with van der Waals surface area (Å²) in [6.45, 7) is 0. The molecule has 8 aliphatic carbocycles. The summed E-state index contributed by atoms with van der Waals surface area (Å²) in [6.07, 6.45) is 15.0. The van der Waals surface area contributed by atoms with Gasteiger partial charge in [0.05, 0.1) is 20.8 Å². The smallest absolute Gasteiger partial charge is 0.0640 e. The summed E-state index contributed by atoms with van der Waals surface area (Å²) >= 11 is 3.82. The standard InChI is InChI=1S/C98H82N4S2/c1-6-19-69(20-7-1)71-21-16-30-83(56-71)100(84-48-50-92-89(57-84)86-49-47-85(58-93(86)103-92)99(76-22-8-2-9-23-76)77-24-10-3-11-25-77)80-43-37-75(38-44-80)98-62-68-54-72(63-98)94(73(55-68)64-98)70-35-41-81(42-36-70)101(78-26-12-4-13-27-78)90-33-17-31-87-88-32-18-34-91(96(88)104-95(87)90)102(79-28-14-5-15-29-79)82-45-39-74(40-46-82)97-59-65-51-66(60-97)53-67(52-65)61-97/h1-50,56-58,65-68,72-73,94H,51-55,59-64H2. The van der Waals surface area contributed by atoms with Crippen LogP contribution in [-0.2, 0) is 10.8 Å². The third kappa shape index (κ3) is 10.6. The predicted octanol–water partition coefficient (Wildman–Crippen LogP) is 28.3. The third-order valence-corrected chi connectivity index (χ3v) is 27.9. The van der Waals surface area contributed by atoms with Crippen LogP contribution in [0.5, 0.6) is 0 Å². The average Bonchev–Trinajstić information content (AvgIpc) is 0.757. The minimum Gasteiger partial charge on any atom is -0.310 e. The highest BCUT2D eigenvalue weighted by atomic mass is 32.1. The van der Waals surface area contributed by atoms with Crippen LogP contribution in [0.4, 0.5) is 68.2 Å². The van der Waals surface area contributed by atoms with E-state index in [9.17, 15) is 0 Å². The van der Waals surface area contributed by atoms with E-state index in [0.29, 0.717) is 23.2 Å². The van der Waals surface area contributed by atoms with Gasteiger partial charge in [0.25, 0.3) is 0 Å². The molecule has 506 valence electrons. The molecule has 6 heteroatoms. The Hall–Kier alpha value is -10.5. The first-order chi connectivity index (χ1) is 51.4. The zero-order valence-electron chi connectivity index (χ0n) is 58.5. The van der Waals surface area contributed by atoms with Gasteiger partial charge in [0, 0.05) is 87.8 Å². The van der Waals surface area contributed by atoms with Crippen molar-refractivity contribution >= 4 is 131 Å². The summed E-state index contributed by atoms with van der Waals surface area (Å²) in [5.41, 5.74) is 21.7. The van der Waals surface area contributed by atoms with Crippen molar-refractivity contribution in [3.05, 3.63) is 338 Å². The molecule has 2 heterocycles. The Bertz CT molecular complexity index is 5590. The maximum Gasteiger partial charge on any atom is 0.0640 e. The zero-order valence-corrected chi connectivity index (χ0v) is 60.2. The molecule has 2 atom stereocenters. The van der Waals surface area contributed by atoms with E-state index in [-0.39, 0.29) is 5.41 Å². The van der Waals surface area contributed by atoms with Gasteiger partial charge < -0.3 is 19.6 Å². The maximum absolute atomic E-state index is 2.53.